The molecule has 1 rings (SSSR count). The molecule has 0 amide bonds. The van der Waals surface area contributed by atoms with E-state index in [1.807, 2.05) is 26.0 Å². The lowest BCUT2D eigenvalue weighted by Gasteiger charge is -2.24. The van der Waals surface area contributed by atoms with E-state index in [4.69, 9.17) is 0 Å². The molecular formula is C13H20BrNO2S. The highest BCUT2D eigenvalue weighted by Gasteiger charge is 2.19. The molecule has 0 aromatic heterocycles. The number of anilines is 1. The number of benzene rings is 1. The molecule has 0 aliphatic carbocycles. The number of para-hydroxylation sites is 1. The quantitative estimate of drug-likeness (QED) is 0.719. The van der Waals surface area contributed by atoms with E-state index < -0.39 is 9.84 Å². The number of halogens is 1. The molecule has 0 spiro atoms. The number of alkyl halides is 1. The average molecular weight is 334 g/mol. The van der Waals surface area contributed by atoms with Gasteiger partial charge in [-0.2, -0.15) is 0 Å². The van der Waals surface area contributed by atoms with Crippen LogP contribution in [-0.4, -0.2) is 32.6 Å². The minimum absolute atomic E-state index is 0.204. The first-order chi connectivity index (χ1) is 8.56. The molecule has 1 aromatic carbocycles. The van der Waals surface area contributed by atoms with Gasteiger partial charge >= 0.3 is 0 Å². The molecule has 0 saturated heterocycles. The van der Waals surface area contributed by atoms with Crippen molar-refractivity contribution in [1.29, 1.82) is 0 Å². The second-order valence-corrected chi connectivity index (χ2v) is 6.93. The van der Waals surface area contributed by atoms with Crippen LogP contribution in [0.25, 0.3) is 0 Å². The largest absolute Gasteiger partial charge is 0.370 e. The summed E-state index contributed by atoms with van der Waals surface area (Å²) in [5.74, 6) is 0.204. The molecule has 0 saturated carbocycles. The first-order valence-electron chi connectivity index (χ1n) is 6.19. The lowest BCUT2D eigenvalue weighted by Crippen LogP contribution is -2.26. The molecular weight excluding hydrogens is 314 g/mol. The van der Waals surface area contributed by atoms with Crippen molar-refractivity contribution in [2.24, 2.45) is 0 Å². The predicted molar refractivity (Wildman–Crippen MR) is 80.5 cm³/mol. The maximum Gasteiger partial charge on any atom is 0.180 e. The van der Waals surface area contributed by atoms with Crippen LogP contribution < -0.4 is 4.90 Å². The van der Waals surface area contributed by atoms with E-state index >= 15 is 0 Å². The van der Waals surface area contributed by atoms with Crippen molar-refractivity contribution in [3.05, 3.63) is 24.3 Å². The van der Waals surface area contributed by atoms with Crippen LogP contribution in [0.4, 0.5) is 5.69 Å². The van der Waals surface area contributed by atoms with Crippen LogP contribution in [0.2, 0.25) is 0 Å². The monoisotopic (exact) mass is 333 g/mol. The molecule has 0 aliphatic rings. The van der Waals surface area contributed by atoms with Gasteiger partial charge in [0.15, 0.2) is 9.84 Å². The van der Waals surface area contributed by atoms with Gasteiger partial charge in [0.25, 0.3) is 0 Å². The van der Waals surface area contributed by atoms with E-state index in [0.29, 0.717) is 11.3 Å². The first-order valence-corrected chi connectivity index (χ1v) is 8.96. The minimum Gasteiger partial charge on any atom is -0.370 e. The molecule has 0 bridgehead atoms. The van der Waals surface area contributed by atoms with Crippen molar-refractivity contribution in [3.63, 3.8) is 0 Å². The van der Waals surface area contributed by atoms with Crippen LogP contribution >= 0.6 is 15.9 Å². The van der Waals surface area contributed by atoms with Crippen LogP contribution in [0, 0.1) is 0 Å². The highest BCUT2D eigenvalue weighted by atomic mass is 79.9. The van der Waals surface area contributed by atoms with Crippen molar-refractivity contribution in [1.82, 2.24) is 0 Å². The second-order valence-electron chi connectivity index (χ2n) is 4.06. The Labute approximate surface area is 118 Å². The summed E-state index contributed by atoms with van der Waals surface area (Å²) in [6.07, 6.45) is 0.640. The number of hydrogen-bond acceptors (Lipinski definition) is 3. The molecule has 5 heteroatoms. The van der Waals surface area contributed by atoms with E-state index in [0.717, 1.165) is 24.1 Å². The smallest absolute Gasteiger partial charge is 0.180 e. The Hall–Kier alpha value is -0.550. The van der Waals surface area contributed by atoms with Crippen molar-refractivity contribution in [2.75, 3.05) is 29.1 Å². The van der Waals surface area contributed by atoms with Gasteiger partial charge in [0.1, 0.15) is 0 Å². The summed E-state index contributed by atoms with van der Waals surface area (Å²) in [6, 6.07) is 7.26. The predicted octanol–water partition coefficient (Wildman–Crippen LogP) is 3.09. The van der Waals surface area contributed by atoms with Gasteiger partial charge in [-0.3, -0.25) is 0 Å². The summed E-state index contributed by atoms with van der Waals surface area (Å²) in [5, 5.41) is 0.822. The fourth-order valence-electron chi connectivity index (χ4n) is 1.91. The molecule has 0 atom stereocenters. The van der Waals surface area contributed by atoms with E-state index in [-0.39, 0.29) is 5.75 Å². The Morgan fingerprint density at radius 1 is 1.22 bits per heavy atom. The maximum absolute atomic E-state index is 12.2. The molecule has 18 heavy (non-hydrogen) atoms. The number of hydrogen-bond donors (Lipinski definition) is 0. The van der Waals surface area contributed by atoms with Crippen molar-refractivity contribution in [3.8, 4) is 0 Å². The Morgan fingerprint density at radius 3 is 2.44 bits per heavy atom. The van der Waals surface area contributed by atoms with E-state index in [2.05, 4.69) is 20.8 Å². The zero-order valence-electron chi connectivity index (χ0n) is 10.9. The lowest BCUT2D eigenvalue weighted by molar-refractivity contribution is 0.594. The molecule has 0 unspecified atom stereocenters. The van der Waals surface area contributed by atoms with E-state index in [1.165, 1.54) is 0 Å². The van der Waals surface area contributed by atoms with Crippen molar-refractivity contribution >= 4 is 31.5 Å². The van der Waals surface area contributed by atoms with Gasteiger partial charge in [0, 0.05) is 18.4 Å². The molecule has 0 aliphatic heterocycles. The number of rotatable bonds is 7. The third kappa shape index (κ3) is 3.72. The molecule has 0 heterocycles. The molecule has 3 nitrogen and oxygen atoms in total. The standard InChI is InChI=1S/C13H20BrNO2S/c1-3-11-18(16,17)13-8-6-5-7-12(13)15(4-2)10-9-14/h5-8H,3-4,9-11H2,1-2H3. The molecule has 0 fully saturated rings. The summed E-state index contributed by atoms with van der Waals surface area (Å²) < 4.78 is 24.5. The zero-order chi connectivity index (χ0) is 13.6. The molecule has 102 valence electrons. The normalized spacial score (nSPS) is 11.5. The molecule has 1 aromatic rings. The van der Waals surface area contributed by atoms with Gasteiger partial charge in [-0.15, -0.1) is 0 Å². The van der Waals surface area contributed by atoms with Crippen molar-refractivity contribution < 1.29 is 8.42 Å². The summed E-state index contributed by atoms with van der Waals surface area (Å²) in [4.78, 5) is 2.53. The third-order valence-corrected chi connectivity index (χ3v) is 5.07. The van der Waals surface area contributed by atoms with Crippen molar-refractivity contribution in [2.45, 2.75) is 25.2 Å². The van der Waals surface area contributed by atoms with Gasteiger partial charge in [-0.1, -0.05) is 35.0 Å². The lowest BCUT2D eigenvalue weighted by atomic mass is 10.3. The Balaban J connectivity index is 3.21. The summed E-state index contributed by atoms with van der Waals surface area (Å²) >= 11 is 3.40. The maximum atomic E-state index is 12.2. The minimum atomic E-state index is -3.17. The fraction of sp³-hybridized carbons (Fsp3) is 0.538. The summed E-state index contributed by atoms with van der Waals surface area (Å²) in [7, 11) is -3.17. The highest BCUT2D eigenvalue weighted by molar-refractivity contribution is 9.09. The summed E-state index contributed by atoms with van der Waals surface area (Å²) in [6.45, 7) is 5.52. The van der Waals surface area contributed by atoms with Gasteiger partial charge in [0.2, 0.25) is 0 Å². The fourth-order valence-corrected chi connectivity index (χ4v) is 3.90. The van der Waals surface area contributed by atoms with Gasteiger partial charge < -0.3 is 4.90 Å². The Morgan fingerprint density at radius 2 is 1.89 bits per heavy atom. The molecule has 0 N–H and O–H groups in total. The number of nitrogens with zero attached hydrogens (tertiary/aromatic N) is 1. The topological polar surface area (TPSA) is 37.4 Å². The Bertz CT molecular complexity index is 474. The SMILES string of the molecule is CCCS(=O)(=O)c1ccccc1N(CC)CCBr. The Kier molecular flexibility index (Phi) is 6.15. The first kappa shape index (κ1) is 15.5. The third-order valence-electron chi connectivity index (χ3n) is 2.75. The van der Waals surface area contributed by atoms with Crippen LogP contribution in [0.1, 0.15) is 20.3 Å². The van der Waals surface area contributed by atoms with E-state index in [9.17, 15) is 8.42 Å². The van der Waals surface area contributed by atoms with Crippen LogP contribution in [0.3, 0.4) is 0 Å². The van der Waals surface area contributed by atoms with Crippen LogP contribution in [0.5, 0.6) is 0 Å². The summed E-state index contributed by atoms with van der Waals surface area (Å²) in [5.41, 5.74) is 0.813. The average Bonchev–Trinajstić information content (AvgIpc) is 2.36. The van der Waals surface area contributed by atoms with Crippen LogP contribution in [-0.2, 0) is 9.84 Å². The van der Waals surface area contributed by atoms with Crippen LogP contribution in [0.15, 0.2) is 29.2 Å². The van der Waals surface area contributed by atoms with E-state index in [1.54, 1.807) is 12.1 Å². The van der Waals surface area contributed by atoms with Gasteiger partial charge in [-0.05, 0) is 25.5 Å². The molecule has 0 radical (unpaired) electrons. The van der Waals surface area contributed by atoms with Gasteiger partial charge in [-0.25, -0.2) is 8.42 Å². The highest BCUT2D eigenvalue weighted by Crippen LogP contribution is 2.26. The number of sulfone groups is 1. The zero-order valence-corrected chi connectivity index (χ0v) is 13.3. The second kappa shape index (κ2) is 7.14. The van der Waals surface area contributed by atoms with Gasteiger partial charge in [0.05, 0.1) is 16.3 Å².